The monoisotopic (exact) mass is 554 g/mol. The van der Waals surface area contributed by atoms with E-state index in [0.717, 1.165) is 4.68 Å². The van der Waals surface area contributed by atoms with Crippen molar-refractivity contribution >= 4 is 29.0 Å². The van der Waals surface area contributed by atoms with Crippen LogP contribution in [0.2, 0.25) is 10.0 Å². The molecule has 0 unspecified atom stereocenters. The van der Waals surface area contributed by atoms with Crippen LogP contribution < -0.4 is 5.69 Å². The van der Waals surface area contributed by atoms with E-state index in [0.29, 0.717) is 25.9 Å². The van der Waals surface area contributed by atoms with Gasteiger partial charge in [0.2, 0.25) is 0 Å². The van der Waals surface area contributed by atoms with Crippen molar-refractivity contribution in [1.29, 1.82) is 0 Å². The molecule has 0 spiro atoms. The van der Waals surface area contributed by atoms with Crippen molar-refractivity contribution in [2.45, 2.75) is 38.7 Å². The fourth-order valence-electron chi connectivity index (χ4n) is 3.48. The van der Waals surface area contributed by atoms with Gasteiger partial charge in [-0.15, -0.1) is 10.2 Å². The second-order valence-electron chi connectivity index (χ2n) is 7.93. The number of alkyl halides is 3. The van der Waals surface area contributed by atoms with E-state index in [1.54, 1.807) is 31.2 Å². The molecule has 0 bridgehead atoms. The van der Waals surface area contributed by atoms with Crippen LogP contribution in [0, 0.1) is 0 Å². The first-order valence-electron chi connectivity index (χ1n) is 10.9. The molecule has 1 atom stereocenters. The normalized spacial score (nSPS) is 12.6. The third-order valence-corrected chi connectivity index (χ3v) is 5.92. The van der Waals surface area contributed by atoms with E-state index in [2.05, 4.69) is 15.2 Å². The number of para-hydroxylation sites is 1. The van der Waals surface area contributed by atoms with Crippen LogP contribution >= 0.6 is 23.2 Å². The molecule has 0 aliphatic carbocycles. The summed E-state index contributed by atoms with van der Waals surface area (Å²) in [5.41, 5.74) is -0.260. The number of aliphatic hydroxyl groups excluding tert-OH is 1. The van der Waals surface area contributed by atoms with Gasteiger partial charge in [-0.25, -0.2) is 19.1 Å². The molecule has 37 heavy (non-hydrogen) atoms. The Balaban J connectivity index is 1.79. The third-order valence-electron chi connectivity index (χ3n) is 5.35. The van der Waals surface area contributed by atoms with E-state index < -0.39 is 24.5 Å². The first kappa shape index (κ1) is 26.6. The SMILES string of the molecule is CCC(=O)c1nc(Cn2nc(-c3ccc(Cl)cc3)n(C[C@H](O)C(F)(F)F)c2=O)nn1-c1ccccc1Cl. The number of carbonyl (C=O) groups is 1. The van der Waals surface area contributed by atoms with Gasteiger partial charge in [0.25, 0.3) is 0 Å². The van der Waals surface area contributed by atoms with Crippen LogP contribution in [0.4, 0.5) is 13.2 Å². The summed E-state index contributed by atoms with van der Waals surface area (Å²) in [7, 11) is 0. The Kier molecular flexibility index (Phi) is 7.53. The molecule has 2 aromatic heterocycles. The van der Waals surface area contributed by atoms with Crippen LogP contribution in [0.15, 0.2) is 53.3 Å². The first-order chi connectivity index (χ1) is 17.5. The Labute approximate surface area is 217 Å². The molecule has 0 saturated carbocycles. The Morgan fingerprint density at radius 3 is 2.38 bits per heavy atom. The van der Waals surface area contributed by atoms with Gasteiger partial charge in [-0.05, 0) is 36.4 Å². The van der Waals surface area contributed by atoms with Gasteiger partial charge in [0.15, 0.2) is 29.4 Å². The number of halogens is 5. The van der Waals surface area contributed by atoms with E-state index in [1.807, 2.05) is 0 Å². The zero-order chi connectivity index (χ0) is 26.9. The van der Waals surface area contributed by atoms with Gasteiger partial charge >= 0.3 is 11.9 Å². The van der Waals surface area contributed by atoms with Crippen molar-refractivity contribution in [3.8, 4) is 17.1 Å². The largest absolute Gasteiger partial charge is 0.416 e. The smallest absolute Gasteiger partial charge is 0.382 e. The zero-order valence-corrected chi connectivity index (χ0v) is 20.7. The maximum atomic E-state index is 13.1. The highest BCUT2D eigenvalue weighted by Gasteiger charge is 2.39. The topological polar surface area (TPSA) is 108 Å². The number of ketones is 1. The van der Waals surface area contributed by atoms with Crippen molar-refractivity contribution in [3.05, 3.63) is 80.7 Å². The fourth-order valence-corrected chi connectivity index (χ4v) is 3.83. The quantitative estimate of drug-likeness (QED) is 0.327. The maximum absolute atomic E-state index is 13.1. The molecule has 0 saturated heterocycles. The molecule has 4 rings (SSSR count). The lowest BCUT2D eigenvalue weighted by molar-refractivity contribution is -0.207. The van der Waals surface area contributed by atoms with Crippen LogP contribution in [0.1, 0.15) is 29.8 Å². The van der Waals surface area contributed by atoms with E-state index in [-0.39, 0.29) is 36.2 Å². The van der Waals surface area contributed by atoms with Gasteiger partial charge in [0.1, 0.15) is 6.54 Å². The molecule has 194 valence electrons. The number of carbonyl (C=O) groups excluding carboxylic acids is 1. The number of aromatic nitrogens is 6. The second kappa shape index (κ2) is 10.5. The van der Waals surface area contributed by atoms with E-state index in [9.17, 15) is 27.9 Å². The number of hydrogen-bond acceptors (Lipinski definition) is 6. The average molecular weight is 555 g/mol. The molecule has 4 aromatic rings. The minimum Gasteiger partial charge on any atom is -0.382 e. The maximum Gasteiger partial charge on any atom is 0.416 e. The molecular weight excluding hydrogens is 536 g/mol. The Morgan fingerprint density at radius 2 is 1.76 bits per heavy atom. The fraction of sp³-hybridized carbons (Fsp3) is 0.261. The molecule has 0 amide bonds. The highest BCUT2D eigenvalue weighted by molar-refractivity contribution is 6.32. The summed E-state index contributed by atoms with van der Waals surface area (Å²) in [5.74, 6) is -0.488. The Morgan fingerprint density at radius 1 is 1.08 bits per heavy atom. The lowest BCUT2D eigenvalue weighted by atomic mass is 10.2. The highest BCUT2D eigenvalue weighted by Crippen LogP contribution is 2.25. The van der Waals surface area contributed by atoms with Crippen molar-refractivity contribution < 1.29 is 23.1 Å². The van der Waals surface area contributed by atoms with Gasteiger partial charge in [0, 0.05) is 17.0 Å². The van der Waals surface area contributed by atoms with E-state index in [1.165, 1.54) is 28.9 Å². The summed E-state index contributed by atoms with van der Waals surface area (Å²) in [4.78, 5) is 29.9. The van der Waals surface area contributed by atoms with Crippen LogP contribution in [0.3, 0.4) is 0 Å². The standard InChI is InChI=1S/C23H19Cl2F3N6O3/c1-2-17(35)21-29-19(30-34(21)16-6-4-3-5-15(16)25)12-33-22(37)32(11-18(36)23(26,27)28)20(31-33)13-7-9-14(24)10-8-13/h3-10,18,36H,2,11-12H2,1H3/t18-/m0/s1. The Bertz CT molecular complexity index is 1490. The average Bonchev–Trinajstić information content (AvgIpc) is 3.40. The predicted molar refractivity (Wildman–Crippen MR) is 129 cm³/mol. The van der Waals surface area contributed by atoms with Gasteiger partial charge in [-0.3, -0.25) is 9.36 Å². The zero-order valence-electron chi connectivity index (χ0n) is 19.2. The number of Topliss-reactive ketones (excluding diaryl/α,β-unsaturated/α-hetero) is 1. The summed E-state index contributed by atoms with van der Waals surface area (Å²) < 4.78 is 42.1. The minimum absolute atomic E-state index is 0.00231. The molecule has 0 aliphatic rings. The number of benzene rings is 2. The van der Waals surface area contributed by atoms with Crippen LogP contribution in [0.25, 0.3) is 17.1 Å². The number of nitrogens with zero attached hydrogens (tertiary/aromatic N) is 6. The number of hydrogen-bond donors (Lipinski definition) is 1. The van der Waals surface area contributed by atoms with Crippen LogP contribution in [-0.2, 0) is 13.1 Å². The van der Waals surface area contributed by atoms with E-state index in [4.69, 9.17) is 23.2 Å². The summed E-state index contributed by atoms with van der Waals surface area (Å²) >= 11 is 12.2. The molecule has 1 N–H and O–H groups in total. The van der Waals surface area contributed by atoms with Crippen molar-refractivity contribution in [1.82, 2.24) is 29.1 Å². The van der Waals surface area contributed by atoms with Gasteiger partial charge in [-0.1, -0.05) is 42.3 Å². The van der Waals surface area contributed by atoms with Gasteiger partial charge in [0.05, 0.1) is 17.3 Å². The van der Waals surface area contributed by atoms with Crippen LogP contribution in [0.5, 0.6) is 0 Å². The van der Waals surface area contributed by atoms with Crippen molar-refractivity contribution in [3.63, 3.8) is 0 Å². The molecule has 14 heteroatoms. The predicted octanol–water partition coefficient (Wildman–Crippen LogP) is 4.16. The van der Waals surface area contributed by atoms with Crippen molar-refractivity contribution in [2.24, 2.45) is 0 Å². The summed E-state index contributed by atoms with van der Waals surface area (Å²) in [6, 6.07) is 12.6. The summed E-state index contributed by atoms with van der Waals surface area (Å²) in [5, 5.41) is 18.8. The summed E-state index contributed by atoms with van der Waals surface area (Å²) in [6.45, 7) is 0.196. The van der Waals surface area contributed by atoms with Crippen molar-refractivity contribution in [2.75, 3.05) is 0 Å². The molecule has 2 heterocycles. The third kappa shape index (κ3) is 5.60. The van der Waals surface area contributed by atoms with E-state index >= 15 is 0 Å². The summed E-state index contributed by atoms with van der Waals surface area (Å²) in [6.07, 6.45) is -7.64. The molecule has 2 aromatic carbocycles. The molecule has 0 radical (unpaired) electrons. The first-order valence-corrected chi connectivity index (χ1v) is 11.7. The molecule has 0 fully saturated rings. The molecule has 9 nitrogen and oxygen atoms in total. The number of aliphatic hydroxyl groups is 1. The van der Waals surface area contributed by atoms with Gasteiger partial charge in [-0.2, -0.15) is 13.2 Å². The number of rotatable bonds is 8. The molecular formula is C23H19Cl2F3N6O3. The highest BCUT2D eigenvalue weighted by atomic mass is 35.5. The molecule has 0 aliphatic heterocycles. The second-order valence-corrected chi connectivity index (χ2v) is 8.77. The minimum atomic E-state index is -4.95. The van der Waals surface area contributed by atoms with Crippen LogP contribution in [-0.4, -0.2) is 52.3 Å². The van der Waals surface area contributed by atoms with Gasteiger partial charge < -0.3 is 5.11 Å². The lowest BCUT2D eigenvalue weighted by Crippen LogP contribution is -2.37. The lowest BCUT2D eigenvalue weighted by Gasteiger charge is -2.15. The Hall–Kier alpha value is -3.48.